The van der Waals surface area contributed by atoms with E-state index in [1.165, 1.54) is 5.56 Å². The Hall–Kier alpha value is -0.210. The highest BCUT2D eigenvalue weighted by molar-refractivity contribution is 9.10. The first-order valence-electron chi connectivity index (χ1n) is 5.50. The van der Waals surface area contributed by atoms with Crippen LogP contribution in [0.5, 0.6) is 5.75 Å². The van der Waals surface area contributed by atoms with E-state index in [4.69, 9.17) is 16.3 Å². The topological polar surface area (TPSA) is 9.23 Å². The molecule has 0 N–H and O–H groups in total. The molecule has 0 aromatic heterocycles. The van der Waals surface area contributed by atoms with Crippen LogP contribution < -0.4 is 4.74 Å². The van der Waals surface area contributed by atoms with Crippen LogP contribution in [0.25, 0.3) is 0 Å². The largest absolute Gasteiger partial charge is 0.494 e. The van der Waals surface area contributed by atoms with Gasteiger partial charge in [0.15, 0.2) is 0 Å². The van der Waals surface area contributed by atoms with Crippen LogP contribution in [0.2, 0.25) is 0 Å². The fraction of sp³-hybridized carbons (Fsp3) is 0.538. The summed E-state index contributed by atoms with van der Waals surface area (Å²) in [4.78, 5) is 0. The maximum absolute atomic E-state index is 5.83. The van der Waals surface area contributed by atoms with Gasteiger partial charge in [0, 0.05) is 10.4 Å². The average Bonchev–Trinajstić information content (AvgIpc) is 2.17. The number of hydrogen-bond donors (Lipinski definition) is 0. The van der Waals surface area contributed by atoms with E-state index < -0.39 is 0 Å². The summed E-state index contributed by atoms with van der Waals surface area (Å²) in [6.45, 7) is 7.09. The zero-order valence-electron chi connectivity index (χ0n) is 10.0. The van der Waals surface area contributed by atoms with E-state index in [1.54, 1.807) is 0 Å². The Bertz CT molecular complexity index is 350. The van der Waals surface area contributed by atoms with E-state index in [0.29, 0.717) is 12.5 Å². The van der Waals surface area contributed by atoms with Crippen LogP contribution in [0.3, 0.4) is 0 Å². The van der Waals surface area contributed by atoms with Gasteiger partial charge in [-0.2, -0.15) is 0 Å². The minimum absolute atomic E-state index is 0.0886. The molecule has 0 aliphatic heterocycles. The van der Waals surface area contributed by atoms with E-state index in [1.807, 2.05) is 19.1 Å². The van der Waals surface area contributed by atoms with Gasteiger partial charge in [-0.1, -0.05) is 35.8 Å². The van der Waals surface area contributed by atoms with Gasteiger partial charge in [0.05, 0.1) is 6.61 Å². The summed E-state index contributed by atoms with van der Waals surface area (Å²) in [5.74, 6) is 1.58. The molecule has 1 aromatic rings. The summed E-state index contributed by atoms with van der Waals surface area (Å²) in [5.41, 5.74) is 1.36. The first-order valence-corrected chi connectivity index (χ1v) is 6.83. The highest BCUT2D eigenvalue weighted by Gasteiger charge is 2.22. The molecule has 0 saturated heterocycles. The number of hydrogen-bond acceptors (Lipinski definition) is 1. The quantitative estimate of drug-likeness (QED) is 0.713. The SMILES string of the molecule is CCOc1ccc(C(C)(C)CCCl)c(Br)c1. The van der Waals surface area contributed by atoms with Crippen LogP contribution in [0.1, 0.15) is 32.8 Å². The molecule has 0 unspecified atom stereocenters. The average molecular weight is 306 g/mol. The van der Waals surface area contributed by atoms with Crippen molar-refractivity contribution in [3.8, 4) is 5.75 Å². The molecule has 0 amide bonds. The molecule has 0 bridgehead atoms. The van der Waals surface area contributed by atoms with E-state index in [-0.39, 0.29) is 5.41 Å². The summed E-state index contributed by atoms with van der Waals surface area (Å²) in [6, 6.07) is 6.15. The Kier molecular flexibility index (Phi) is 5.13. The second-order valence-electron chi connectivity index (χ2n) is 4.40. The Morgan fingerprint density at radius 1 is 1.38 bits per heavy atom. The lowest BCUT2D eigenvalue weighted by atomic mass is 9.82. The highest BCUT2D eigenvalue weighted by atomic mass is 79.9. The van der Waals surface area contributed by atoms with Gasteiger partial charge in [0.25, 0.3) is 0 Å². The molecule has 16 heavy (non-hydrogen) atoms. The van der Waals surface area contributed by atoms with Crippen LogP contribution in [0, 0.1) is 0 Å². The number of halogens is 2. The molecule has 0 spiro atoms. The zero-order valence-corrected chi connectivity index (χ0v) is 12.4. The third kappa shape index (κ3) is 3.39. The van der Waals surface area contributed by atoms with Crippen molar-refractivity contribution in [1.82, 2.24) is 0 Å². The molecular weight excluding hydrogens is 287 g/mol. The molecule has 0 saturated carbocycles. The summed E-state index contributed by atoms with van der Waals surface area (Å²) < 4.78 is 6.55. The van der Waals surface area contributed by atoms with Crippen LogP contribution in [-0.2, 0) is 5.41 Å². The third-order valence-corrected chi connectivity index (χ3v) is 3.55. The van der Waals surface area contributed by atoms with Gasteiger partial charge >= 0.3 is 0 Å². The lowest BCUT2D eigenvalue weighted by Gasteiger charge is -2.25. The first-order chi connectivity index (χ1) is 7.51. The van der Waals surface area contributed by atoms with Crippen LogP contribution >= 0.6 is 27.5 Å². The Morgan fingerprint density at radius 3 is 2.56 bits per heavy atom. The smallest absolute Gasteiger partial charge is 0.120 e. The summed E-state index contributed by atoms with van der Waals surface area (Å²) in [5, 5.41) is 0. The van der Waals surface area contributed by atoms with Gasteiger partial charge in [-0.15, -0.1) is 11.6 Å². The highest BCUT2D eigenvalue weighted by Crippen LogP contribution is 2.35. The maximum atomic E-state index is 5.83. The third-order valence-electron chi connectivity index (χ3n) is 2.70. The van der Waals surface area contributed by atoms with Crippen molar-refractivity contribution in [2.45, 2.75) is 32.6 Å². The summed E-state index contributed by atoms with van der Waals surface area (Å²) in [6.07, 6.45) is 0.959. The van der Waals surface area contributed by atoms with Crippen molar-refractivity contribution in [3.63, 3.8) is 0 Å². The number of rotatable bonds is 5. The fourth-order valence-corrected chi connectivity index (χ4v) is 3.04. The normalized spacial score (nSPS) is 11.6. The maximum Gasteiger partial charge on any atom is 0.120 e. The minimum atomic E-state index is 0.0886. The van der Waals surface area contributed by atoms with Crippen molar-refractivity contribution in [1.29, 1.82) is 0 Å². The molecule has 1 aromatic carbocycles. The molecule has 1 rings (SSSR count). The van der Waals surface area contributed by atoms with E-state index >= 15 is 0 Å². The summed E-state index contributed by atoms with van der Waals surface area (Å²) >= 11 is 9.43. The zero-order chi connectivity index (χ0) is 12.2. The van der Waals surface area contributed by atoms with Gasteiger partial charge in [0.2, 0.25) is 0 Å². The van der Waals surface area contributed by atoms with Crippen molar-refractivity contribution >= 4 is 27.5 Å². The van der Waals surface area contributed by atoms with Crippen molar-refractivity contribution < 1.29 is 4.74 Å². The van der Waals surface area contributed by atoms with Crippen molar-refractivity contribution in [3.05, 3.63) is 28.2 Å². The molecule has 0 heterocycles. The van der Waals surface area contributed by atoms with Gasteiger partial charge in [-0.05, 0) is 36.5 Å². The lowest BCUT2D eigenvalue weighted by Crippen LogP contribution is -2.18. The second-order valence-corrected chi connectivity index (χ2v) is 5.63. The second kappa shape index (κ2) is 5.92. The standard InChI is InChI=1S/C13H18BrClO/c1-4-16-10-5-6-11(12(14)9-10)13(2,3)7-8-15/h5-6,9H,4,7-8H2,1-3H3. The predicted octanol–water partition coefficient (Wildman–Crippen LogP) is 4.75. The summed E-state index contributed by atoms with van der Waals surface area (Å²) in [7, 11) is 0. The molecule has 0 atom stereocenters. The Labute approximate surface area is 111 Å². The van der Waals surface area contributed by atoms with E-state index in [9.17, 15) is 0 Å². The molecule has 1 nitrogen and oxygen atoms in total. The molecule has 0 aliphatic carbocycles. The molecule has 0 fully saturated rings. The first kappa shape index (κ1) is 13.9. The van der Waals surface area contributed by atoms with Crippen LogP contribution in [-0.4, -0.2) is 12.5 Å². The lowest BCUT2D eigenvalue weighted by molar-refractivity contribution is 0.339. The van der Waals surface area contributed by atoms with Gasteiger partial charge in [0.1, 0.15) is 5.75 Å². The van der Waals surface area contributed by atoms with Crippen molar-refractivity contribution in [2.75, 3.05) is 12.5 Å². The molecule has 0 radical (unpaired) electrons. The Balaban J connectivity index is 2.98. The van der Waals surface area contributed by atoms with Crippen molar-refractivity contribution in [2.24, 2.45) is 0 Å². The predicted molar refractivity (Wildman–Crippen MR) is 73.7 cm³/mol. The molecule has 3 heteroatoms. The monoisotopic (exact) mass is 304 g/mol. The van der Waals surface area contributed by atoms with Gasteiger partial charge < -0.3 is 4.74 Å². The van der Waals surface area contributed by atoms with Crippen LogP contribution in [0.4, 0.5) is 0 Å². The van der Waals surface area contributed by atoms with E-state index in [0.717, 1.165) is 16.6 Å². The van der Waals surface area contributed by atoms with Gasteiger partial charge in [-0.25, -0.2) is 0 Å². The van der Waals surface area contributed by atoms with Crippen LogP contribution in [0.15, 0.2) is 22.7 Å². The number of benzene rings is 1. The Morgan fingerprint density at radius 2 is 2.06 bits per heavy atom. The van der Waals surface area contributed by atoms with Gasteiger partial charge in [-0.3, -0.25) is 0 Å². The molecule has 0 aliphatic rings. The molecule has 90 valence electrons. The van der Waals surface area contributed by atoms with E-state index in [2.05, 4.69) is 35.8 Å². The number of ether oxygens (including phenoxy) is 1. The number of alkyl halides is 1. The minimum Gasteiger partial charge on any atom is -0.494 e. The molecular formula is C13H18BrClO. The fourth-order valence-electron chi connectivity index (χ4n) is 1.67.